The molecule has 4 aliphatic carbocycles. The molecule has 4 aliphatic rings. The highest BCUT2D eigenvalue weighted by atomic mass is 16.6. The van der Waals surface area contributed by atoms with Crippen LogP contribution in [0, 0.1) is 41.4 Å². The van der Waals surface area contributed by atoms with Crippen molar-refractivity contribution in [3.8, 4) is 12.3 Å². The number of hydrogen-bond acceptors (Lipinski definition) is 3. The first-order chi connectivity index (χ1) is 11.5. The molecule has 0 amide bonds. The maximum absolute atomic E-state index is 11.0. The van der Waals surface area contributed by atoms with Crippen LogP contribution in [-0.4, -0.2) is 23.5 Å². The van der Waals surface area contributed by atoms with Crippen molar-refractivity contribution in [2.75, 3.05) is 7.11 Å². The average molecular weight is 325 g/mol. The lowest BCUT2D eigenvalue weighted by Gasteiger charge is -2.54. The number of nitrogens with zero attached hydrogens (tertiary/aromatic N) is 1. The molecule has 3 fully saturated rings. The van der Waals surface area contributed by atoms with Crippen molar-refractivity contribution in [3.63, 3.8) is 0 Å². The van der Waals surface area contributed by atoms with E-state index in [1.54, 1.807) is 7.11 Å². The first-order valence-electron chi connectivity index (χ1n) is 9.22. The Morgan fingerprint density at radius 1 is 1.29 bits per heavy atom. The summed E-state index contributed by atoms with van der Waals surface area (Å²) in [5, 5.41) is 15.1. The van der Waals surface area contributed by atoms with Crippen LogP contribution in [0.25, 0.3) is 0 Å². The topological polar surface area (TPSA) is 41.8 Å². The van der Waals surface area contributed by atoms with Crippen molar-refractivity contribution in [2.24, 2.45) is 34.2 Å². The van der Waals surface area contributed by atoms with Crippen LogP contribution in [0.15, 0.2) is 29.0 Å². The second-order valence-electron chi connectivity index (χ2n) is 8.28. The van der Waals surface area contributed by atoms with E-state index in [0.29, 0.717) is 23.7 Å². The molecule has 3 nitrogen and oxygen atoms in total. The van der Waals surface area contributed by atoms with Crippen LogP contribution in [0.4, 0.5) is 0 Å². The van der Waals surface area contributed by atoms with E-state index in [2.05, 4.69) is 36.2 Å². The van der Waals surface area contributed by atoms with Gasteiger partial charge in [0.05, 0.1) is 0 Å². The molecule has 6 atom stereocenters. The number of aliphatic hydroxyl groups is 1. The molecule has 0 radical (unpaired) electrons. The summed E-state index contributed by atoms with van der Waals surface area (Å²) in [5.74, 6) is 5.20. The van der Waals surface area contributed by atoms with Gasteiger partial charge in [-0.1, -0.05) is 29.6 Å². The number of hydrogen-bond donors (Lipinski definition) is 1. The monoisotopic (exact) mass is 325 g/mol. The molecule has 0 aromatic heterocycles. The van der Waals surface area contributed by atoms with Gasteiger partial charge in [-0.15, -0.1) is 6.42 Å². The quantitative estimate of drug-likeness (QED) is 0.590. The van der Waals surface area contributed by atoms with E-state index < -0.39 is 5.60 Å². The Bertz CT molecular complexity index is 670. The third-order valence-corrected chi connectivity index (χ3v) is 7.54. The minimum absolute atomic E-state index is 0.106. The fourth-order valence-electron chi connectivity index (χ4n) is 6.24. The summed E-state index contributed by atoms with van der Waals surface area (Å²) >= 11 is 0. The van der Waals surface area contributed by atoms with E-state index in [9.17, 15) is 5.11 Å². The minimum atomic E-state index is -0.903. The summed E-state index contributed by atoms with van der Waals surface area (Å²) in [6.45, 7) is 2.24. The molecule has 0 bridgehead atoms. The fraction of sp³-hybridized carbons (Fsp3) is 0.667. The highest BCUT2D eigenvalue weighted by molar-refractivity contribution is 6.05. The Hall–Kier alpha value is -1.53. The number of rotatable bonds is 1. The molecule has 6 unspecified atom stereocenters. The maximum atomic E-state index is 11.0. The molecule has 0 spiro atoms. The van der Waals surface area contributed by atoms with E-state index in [4.69, 9.17) is 11.3 Å². The highest BCUT2D eigenvalue weighted by Crippen LogP contribution is 2.64. The number of oxime groups is 1. The zero-order chi connectivity index (χ0) is 16.9. The van der Waals surface area contributed by atoms with Gasteiger partial charge in [0.1, 0.15) is 18.4 Å². The second kappa shape index (κ2) is 5.49. The highest BCUT2D eigenvalue weighted by Gasteiger charge is 2.61. The van der Waals surface area contributed by atoms with Gasteiger partial charge in [0.15, 0.2) is 0 Å². The lowest BCUT2D eigenvalue weighted by atomic mass is 9.51. The molecule has 0 heterocycles. The third-order valence-electron chi connectivity index (χ3n) is 7.54. The molecule has 3 saturated carbocycles. The van der Waals surface area contributed by atoms with Gasteiger partial charge in [-0.25, -0.2) is 0 Å². The van der Waals surface area contributed by atoms with Gasteiger partial charge in [-0.3, -0.25) is 0 Å². The first kappa shape index (κ1) is 16.0. The van der Waals surface area contributed by atoms with Crippen molar-refractivity contribution >= 4 is 5.71 Å². The van der Waals surface area contributed by atoms with Crippen LogP contribution in [0.2, 0.25) is 0 Å². The molecular weight excluding hydrogens is 298 g/mol. The molecule has 3 heteroatoms. The maximum Gasteiger partial charge on any atom is 0.130 e. The molecule has 24 heavy (non-hydrogen) atoms. The SMILES string of the molecule is C#CC1(O)CCC2C3CCC4=C/C(=N/OC)C=CC4C3CCC21C. The van der Waals surface area contributed by atoms with Crippen molar-refractivity contribution < 1.29 is 9.94 Å². The second-order valence-corrected chi connectivity index (χ2v) is 8.28. The molecule has 1 N–H and O–H groups in total. The smallest absolute Gasteiger partial charge is 0.130 e. The third kappa shape index (κ3) is 2.05. The lowest BCUT2D eigenvalue weighted by Crippen LogP contribution is -2.51. The minimum Gasteiger partial charge on any atom is -0.399 e. The van der Waals surface area contributed by atoms with Gasteiger partial charge in [0.2, 0.25) is 0 Å². The van der Waals surface area contributed by atoms with Gasteiger partial charge in [-0.2, -0.15) is 0 Å². The largest absolute Gasteiger partial charge is 0.399 e. The summed E-state index contributed by atoms with van der Waals surface area (Å²) in [4.78, 5) is 4.92. The Balaban J connectivity index is 1.62. The first-order valence-corrected chi connectivity index (χ1v) is 9.22. The molecule has 0 aromatic carbocycles. The average Bonchev–Trinajstić information content (AvgIpc) is 2.87. The van der Waals surface area contributed by atoms with Crippen molar-refractivity contribution in [1.82, 2.24) is 0 Å². The summed E-state index contributed by atoms with van der Waals surface area (Å²) in [6.07, 6.45) is 18.7. The molecule has 0 saturated heterocycles. The van der Waals surface area contributed by atoms with Gasteiger partial charge < -0.3 is 9.94 Å². The Kier molecular flexibility index (Phi) is 3.65. The van der Waals surface area contributed by atoms with Crippen LogP contribution in [0.3, 0.4) is 0 Å². The molecular formula is C21H27NO2. The summed E-state index contributed by atoms with van der Waals surface area (Å²) in [5.41, 5.74) is 1.42. The van der Waals surface area contributed by atoms with Crippen LogP contribution in [-0.2, 0) is 4.84 Å². The normalized spacial score (nSPS) is 48.1. The van der Waals surface area contributed by atoms with E-state index in [-0.39, 0.29) is 5.41 Å². The van der Waals surface area contributed by atoms with Crippen molar-refractivity contribution in [3.05, 3.63) is 23.8 Å². The lowest BCUT2D eigenvalue weighted by molar-refractivity contribution is -0.0815. The standard InChI is InChI=1S/C21H27NO2/c1-4-21(23)12-10-19-18-7-5-14-13-15(22-24-3)6-8-16(14)17(18)9-11-20(19,21)2/h1,6,8,13,16-19,23H,5,7,9-12H2,2-3H3/b22-15+. The van der Waals surface area contributed by atoms with Crippen LogP contribution in [0.5, 0.6) is 0 Å². The fourth-order valence-corrected chi connectivity index (χ4v) is 6.24. The zero-order valence-electron chi connectivity index (χ0n) is 14.7. The molecule has 0 aliphatic heterocycles. The number of allylic oxidation sites excluding steroid dienone is 4. The van der Waals surface area contributed by atoms with Crippen LogP contribution in [0.1, 0.15) is 45.4 Å². The van der Waals surface area contributed by atoms with Gasteiger partial charge in [-0.05, 0) is 68.4 Å². The predicted octanol–water partition coefficient (Wildman–Crippen LogP) is 3.70. The van der Waals surface area contributed by atoms with Crippen molar-refractivity contribution in [1.29, 1.82) is 0 Å². The van der Waals surface area contributed by atoms with E-state index >= 15 is 0 Å². The van der Waals surface area contributed by atoms with Crippen molar-refractivity contribution in [2.45, 2.75) is 51.0 Å². The van der Waals surface area contributed by atoms with E-state index in [1.165, 1.54) is 12.0 Å². The van der Waals surface area contributed by atoms with Gasteiger partial charge in [0, 0.05) is 11.3 Å². The summed E-state index contributed by atoms with van der Waals surface area (Å²) in [7, 11) is 1.59. The van der Waals surface area contributed by atoms with Crippen LogP contribution >= 0.6 is 0 Å². The Morgan fingerprint density at radius 2 is 2.12 bits per heavy atom. The summed E-state index contributed by atoms with van der Waals surface area (Å²) < 4.78 is 0. The van der Waals surface area contributed by atoms with E-state index in [1.807, 2.05) is 0 Å². The predicted molar refractivity (Wildman–Crippen MR) is 95.2 cm³/mol. The molecule has 0 aromatic rings. The van der Waals surface area contributed by atoms with Gasteiger partial charge >= 0.3 is 0 Å². The van der Waals surface area contributed by atoms with E-state index in [0.717, 1.165) is 37.8 Å². The zero-order valence-corrected chi connectivity index (χ0v) is 14.7. The number of fused-ring (bicyclic) bond motifs is 5. The number of terminal acetylenes is 1. The summed E-state index contributed by atoms with van der Waals surface area (Å²) in [6, 6.07) is 0. The molecule has 128 valence electrons. The Morgan fingerprint density at radius 3 is 2.88 bits per heavy atom. The molecule has 4 rings (SSSR count). The van der Waals surface area contributed by atoms with Crippen LogP contribution < -0.4 is 0 Å². The Labute approximate surface area is 144 Å². The van der Waals surface area contributed by atoms with Gasteiger partial charge in [0.25, 0.3) is 0 Å².